The lowest BCUT2D eigenvalue weighted by molar-refractivity contribution is -0.189. The quantitative estimate of drug-likeness (QED) is 0.0360. The molecule has 0 aromatic carbocycles. The second-order valence-corrected chi connectivity index (χ2v) is 15.7. The van der Waals surface area contributed by atoms with Gasteiger partial charge in [-0.3, -0.25) is 9.59 Å². The Morgan fingerprint density at radius 2 is 0.500 bits per heavy atom. The van der Waals surface area contributed by atoms with E-state index in [4.69, 9.17) is 9.47 Å². The zero-order valence-electron chi connectivity index (χ0n) is 34.5. The highest BCUT2D eigenvalue weighted by Crippen LogP contribution is 2.18. The third-order valence-corrected chi connectivity index (χ3v) is 10.5. The van der Waals surface area contributed by atoms with Gasteiger partial charge >= 0.3 is 11.9 Å². The van der Waals surface area contributed by atoms with Gasteiger partial charge in [0.2, 0.25) is 6.29 Å². The molecule has 0 spiro atoms. The lowest BCUT2D eigenvalue weighted by atomic mass is 10.0. The van der Waals surface area contributed by atoms with Crippen LogP contribution in [0.25, 0.3) is 0 Å². The first-order chi connectivity index (χ1) is 24.6. The predicted octanol–water partition coefficient (Wildman–Crippen LogP) is 16.1. The molecule has 0 rings (SSSR count). The highest BCUT2D eigenvalue weighted by Gasteiger charge is 2.18. The fourth-order valence-electron chi connectivity index (χ4n) is 7.10. The van der Waals surface area contributed by atoms with Crippen LogP contribution in [0, 0.1) is 0 Å². The number of rotatable bonds is 42. The Bertz CT molecular complexity index is 625. The smallest absolute Gasteiger partial charge is 0.308 e. The molecular weight excluding hydrogens is 617 g/mol. The van der Waals surface area contributed by atoms with E-state index in [1.807, 2.05) is 0 Å². The Morgan fingerprint density at radius 3 is 0.740 bits per heavy atom. The number of hydrogen-bond acceptors (Lipinski definition) is 4. The SMILES string of the molecule is CCCCCCCCCCCCCCCCCCCC(=O)OC(CCCCC)OC(=O)CCCCCCCCCCCCCCCCCCC. The van der Waals surface area contributed by atoms with Crippen LogP contribution < -0.4 is 0 Å². The average Bonchev–Trinajstić information content (AvgIpc) is 3.11. The molecule has 0 saturated heterocycles. The van der Waals surface area contributed by atoms with E-state index in [2.05, 4.69) is 20.8 Å². The van der Waals surface area contributed by atoms with Gasteiger partial charge in [0.05, 0.1) is 0 Å². The molecule has 0 radical (unpaired) electrons. The van der Waals surface area contributed by atoms with Crippen molar-refractivity contribution in [2.75, 3.05) is 0 Å². The van der Waals surface area contributed by atoms with Crippen molar-refractivity contribution >= 4 is 11.9 Å². The van der Waals surface area contributed by atoms with Crippen molar-refractivity contribution in [2.45, 2.75) is 284 Å². The number of ether oxygens (including phenoxy) is 2. The molecule has 4 nitrogen and oxygen atoms in total. The van der Waals surface area contributed by atoms with Crippen LogP contribution in [0.15, 0.2) is 0 Å². The van der Waals surface area contributed by atoms with Crippen LogP contribution in [0.2, 0.25) is 0 Å². The van der Waals surface area contributed by atoms with Gasteiger partial charge in [0.15, 0.2) is 0 Å². The summed E-state index contributed by atoms with van der Waals surface area (Å²) in [6.07, 6.45) is 49.0. The molecule has 0 fully saturated rings. The Morgan fingerprint density at radius 1 is 0.300 bits per heavy atom. The first kappa shape index (κ1) is 48.9. The molecule has 4 heteroatoms. The topological polar surface area (TPSA) is 52.6 Å². The van der Waals surface area contributed by atoms with Crippen molar-refractivity contribution in [3.8, 4) is 0 Å². The fourth-order valence-corrected chi connectivity index (χ4v) is 7.10. The number of carbonyl (C=O) groups excluding carboxylic acids is 2. The van der Waals surface area contributed by atoms with E-state index in [1.165, 1.54) is 193 Å². The van der Waals surface area contributed by atoms with Gasteiger partial charge in [-0.1, -0.05) is 239 Å². The molecule has 0 heterocycles. The van der Waals surface area contributed by atoms with E-state index in [0.29, 0.717) is 19.3 Å². The van der Waals surface area contributed by atoms with E-state index < -0.39 is 6.29 Å². The van der Waals surface area contributed by atoms with Crippen molar-refractivity contribution in [1.82, 2.24) is 0 Å². The molecule has 0 aromatic rings. The minimum absolute atomic E-state index is 0.210. The van der Waals surface area contributed by atoms with Gasteiger partial charge in [0.25, 0.3) is 0 Å². The lowest BCUT2D eigenvalue weighted by Gasteiger charge is -2.18. The number of carbonyl (C=O) groups is 2. The summed E-state index contributed by atoms with van der Waals surface area (Å²) in [4.78, 5) is 25.1. The Labute approximate surface area is 314 Å². The van der Waals surface area contributed by atoms with Crippen LogP contribution in [-0.4, -0.2) is 18.2 Å². The van der Waals surface area contributed by atoms with Gasteiger partial charge < -0.3 is 9.47 Å². The molecule has 0 saturated carbocycles. The maximum Gasteiger partial charge on any atom is 0.308 e. The first-order valence-electron chi connectivity index (χ1n) is 23.0. The van der Waals surface area contributed by atoms with E-state index in [-0.39, 0.29) is 11.9 Å². The summed E-state index contributed by atoms with van der Waals surface area (Å²) in [5.74, 6) is -0.420. The third kappa shape index (κ3) is 39.7. The van der Waals surface area contributed by atoms with Crippen LogP contribution in [0.1, 0.15) is 278 Å². The monoisotopic (exact) mass is 707 g/mol. The van der Waals surface area contributed by atoms with Crippen molar-refractivity contribution in [2.24, 2.45) is 0 Å². The third-order valence-electron chi connectivity index (χ3n) is 10.5. The van der Waals surface area contributed by atoms with Gasteiger partial charge in [0, 0.05) is 19.3 Å². The zero-order valence-corrected chi connectivity index (χ0v) is 34.5. The Balaban J connectivity index is 3.74. The largest absolute Gasteiger partial charge is 0.425 e. The maximum absolute atomic E-state index is 12.5. The molecule has 0 atom stereocenters. The van der Waals surface area contributed by atoms with E-state index in [1.54, 1.807) is 0 Å². The van der Waals surface area contributed by atoms with Gasteiger partial charge in [-0.25, -0.2) is 0 Å². The first-order valence-corrected chi connectivity index (χ1v) is 23.0. The number of esters is 2. The number of hydrogen-bond donors (Lipinski definition) is 0. The fraction of sp³-hybridized carbons (Fsp3) is 0.957. The lowest BCUT2D eigenvalue weighted by Crippen LogP contribution is -2.24. The number of unbranched alkanes of at least 4 members (excludes halogenated alkanes) is 34. The molecule has 0 aliphatic carbocycles. The summed E-state index contributed by atoms with van der Waals surface area (Å²) in [6, 6.07) is 0. The standard InChI is InChI=1S/C46H90O4/c1-4-7-10-12-14-16-18-20-22-24-26-28-30-32-34-36-39-41-44(47)49-46(43-38-9-6-3)50-45(48)42-40-37-35-33-31-29-27-25-23-21-19-17-15-13-11-8-5-2/h46H,4-43H2,1-3H3. The van der Waals surface area contributed by atoms with Crippen molar-refractivity contribution in [1.29, 1.82) is 0 Å². The minimum atomic E-state index is -0.710. The van der Waals surface area contributed by atoms with Gasteiger partial charge in [-0.05, 0) is 19.3 Å². The normalized spacial score (nSPS) is 11.4. The molecule has 0 aromatic heterocycles. The van der Waals surface area contributed by atoms with E-state index in [0.717, 1.165) is 44.9 Å². The van der Waals surface area contributed by atoms with Crippen molar-refractivity contribution in [3.05, 3.63) is 0 Å². The summed E-state index contributed by atoms with van der Waals surface area (Å²) in [5, 5.41) is 0. The molecule has 298 valence electrons. The minimum Gasteiger partial charge on any atom is -0.425 e. The predicted molar refractivity (Wildman–Crippen MR) is 218 cm³/mol. The molecule has 0 aliphatic heterocycles. The van der Waals surface area contributed by atoms with Gasteiger partial charge in [-0.2, -0.15) is 0 Å². The molecule has 0 unspecified atom stereocenters. The zero-order chi connectivity index (χ0) is 36.4. The van der Waals surface area contributed by atoms with Crippen LogP contribution in [0.3, 0.4) is 0 Å². The van der Waals surface area contributed by atoms with Crippen LogP contribution in [0.4, 0.5) is 0 Å². The van der Waals surface area contributed by atoms with Gasteiger partial charge in [-0.15, -0.1) is 0 Å². The Hall–Kier alpha value is -1.06. The van der Waals surface area contributed by atoms with Crippen molar-refractivity contribution in [3.63, 3.8) is 0 Å². The van der Waals surface area contributed by atoms with Crippen LogP contribution >= 0.6 is 0 Å². The highest BCUT2D eigenvalue weighted by molar-refractivity contribution is 5.71. The second-order valence-electron chi connectivity index (χ2n) is 15.7. The summed E-state index contributed by atoms with van der Waals surface area (Å²) < 4.78 is 11.3. The Kier molecular flexibility index (Phi) is 41.5. The molecule has 0 amide bonds. The summed E-state index contributed by atoms with van der Waals surface area (Å²) in [5.41, 5.74) is 0. The van der Waals surface area contributed by atoms with Crippen LogP contribution in [-0.2, 0) is 19.1 Å². The summed E-state index contributed by atoms with van der Waals surface area (Å²) in [6.45, 7) is 6.73. The second kappa shape index (κ2) is 42.4. The molecular formula is C46H90O4. The van der Waals surface area contributed by atoms with Crippen molar-refractivity contribution < 1.29 is 19.1 Å². The van der Waals surface area contributed by atoms with E-state index >= 15 is 0 Å². The molecule has 50 heavy (non-hydrogen) atoms. The maximum atomic E-state index is 12.5. The van der Waals surface area contributed by atoms with Crippen LogP contribution in [0.5, 0.6) is 0 Å². The average molecular weight is 707 g/mol. The van der Waals surface area contributed by atoms with E-state index in [9.17, 15) is 9.59 Å². The highest BCUT2D eigenvalue weighted by atomic mass is 16.7. The molecule has 0 aliphatic rings. The molecule has 0 bridgehead atoms. The molecule has 0 N–H and O–H groups in total. The van der Waals surface area contributed by atoms with Gasteiger partial charge in [0.1, 0.15) is 0 Å². The summed E-state index contributed by atoms with van der Waals surface area (Å²) >= 11 is 0. The summed E-state index contributed by atoms with van der Waals surface area (Å²) in [7, 11) is 0.